The fourth-order valence-corrected chi connectivity index (χ4v) is 3.58. The van der Waals surface area contributed by atoms with Gasteiger partial charge in [0.05, 0.1) is 17.5 Å². The van der Waals surface area contributed by atoms with E-state index in [9.17, 15) is 9.59 Å². The number of aryl methyl sites for hydroxylation is 1. The molecule has 1 N–H and O–H groups in total. The molecule has 6 nitrogen and oxygen atoms in total. The van der Waals surface area contributed by atoms with Gasteiger partial charge >= 0.3 is 0 Å². The molecule has 0 bridgehead atoms. The molecule has 0 spiro atoms. The number of carbonyl (C=O) groups is 2. The monoisotopic (exact) mass is 410 g/mol. The van der Waals surface area contributed by atoms with E-state index in [1.165, 1.54) is 0 Å². The molecule has 2 aromatic carbocycles. The zero-order valence-corrected chi connectivity index (χ0v) is 17.4. The van der Waals surface area contributed by atoms with Crippen LogP contribution in [0.3, 0.4) is 0 Å². The molecule has 1 saturated carbocycles. The predicted molar refractivity (Wildman–Crippen MR) is 119 cm³/mol. The maximum Gasteiger partial charge on any atom is 0.230 e. The maximum atomic E-state index is 13.0. The maximum absolute atomic E-state index is 13.0. The Balaban J connectivity index is 1.50. The normalized spacial score (nSPS) is 14.4. The summed E-state index contributed by atoms with van der Waals surface area (Å²) in [6.07, 6.45) is 5.09. The fourth-order valence-electron chi connectivity index (χ4n) is 3.58. The highest BCUT2D eigenvalue weighted by molar-refractivity contribution is 6.12. The molecule has 0 radical (unpaired) electrons. The molecule has 2 aromatic heterocycles. The molecule has 31 heavy (non-hydrogen) atoms. The Bertz CT molecular complexity index is 1320. The average molecular weight is 410 g/mol. The van der Waals surface area contributed by atoms with Crippen molar-refractivity contribution in [3.8, 4) is 11.3 Å². The fraction of sp³-hybridized carbons (Fsp3) is 0.200. The van der Waals surface area contributed by atoms with E-state index in [0.717, 1.165) is 35.3 Å². The van der Waals surface area contributed by atoms with Crippen LogP contribution in [-0.4, -0.2) is 26.3 Å². The summed E-state index contributed by atoms with van der Waals surface area (Å²) in [5.74, 6) is -0.0621. The van der Waals surface area contributed by atoms with E-state index < -0.39 is 0 Å². The van der Waals surface area contributed by atoms with Gasteiger partial charge < -0.3 is 5.32 Å². The lowest BCUT2D eigenvalue weighted by Gasteiger charge is -2.11. The van der Waals surface area contributed by atoms with Gasteiger partial charge in [-0.05, 0) is 38.0 Å². The highest BCUT2D eigenvalue weighted by atomic mass is 16.2. The molecule has 4 aromatic rings. The number of fused-ring (bicyclic) bond motifs is 1. The van der Waals surface area contributed by atoms with Crippen LogP contribution in [0, 0.1) is 12.3 Å². The van der Waals surface area contributed by atoms with E-state index in [2.05, 4.69) is 15.4 Å². The van der Waals surface area contributed by atoms with Crippen molar-refractivity contribution in [1.82, 2.24) is 14.6 Å². The number of nitrogens with one attached hydrogen (secondary N) is 1. The van der Waals surface area contributed by atoms with Crippen molar-refractivity contribution in [1.29, 1.82) is 0 Å². The van der Waals surface area contributed by atoms with Crippen LogP contribution in [0.15, 0.2) is 67.0 Å². The lowest BCUT2D eigenvalue weighted by atomic mass is 10.0. The molecule has 1 fully saturated rings. The number of aromatic nitrogens is 3. The lowest BCUT2D eigenvalue weighted by molar-refractivity contribution is -0.120. The third kappa shape index (κ3) is 3.50. The minimum Gasteiger partial charge on any atom is -0.326 e. The van der Waals surface area contributed by atoms with Crippen molar-refractivity contribution in [2.45, 2.75) is 26.7 Å². The lowest BCUT2D eigenvalue weighted by Crippen LogP contribution is -2.21. The topological polar surface area (TPSA) is 76.4 Å². The third-order valence-corrected chi connectivity index (χ3v) is 5.92. The number of nitrogens with zero attached hydrogens (tertiary/aromatic N) is 3. The smallest absolute Gasteiger partial charge is 0.230 e. The van der Waals surface area contributed by atoms with Crippen molar-refractivity contribution >= 4 is 23.0 Å². The zero-order chi connectivity index (χ0) is 21.6. The van der Waals surface area contributed by atoms with Crippen molar-refractivity contribution in [2.24, 2.45) is 5.41 Å². The van der Waals surface area contributed by atoms with Crippen LogP contribution in [0.2, 0.25) is 0 Å². The van der Waals surface area contributed by atoms with Crippen molar-refractivity contribution in [3.05, 3.63) is 83.7 Å². The Morgan fingerprint density at radius 1 is 1.06 bits per heavy atom. The van der Waals surface area contributed by atoms with Gasteiger partial charge in [-0.2, -0.15) is 5.10 Å². The van der Waals surface area contributed by atoms with Crippen LogP contribution in [-0.2, 0) is 4.79 Å². The molecule has 1 amide bonds. The second-order valence-corrected chi connectivity index (χ2v) is 8.41. The molecule has 154 valence electrons. The second-order valence-electron chi connectivity index (χ2n) is 8.41. The molecule has 1 aliphatic carbocycles. The molecule has 2 heterocycles. The quantitative estimate of drug-likeness (QED) is 0.485. The van der Waals surface area contributed by atoms with Gasteiger partial charge in [-0.1, -0.05) is 48.9 Å². The van der Waals surface area contributed by atoms with Gasteiger partial charge in [0.2, 0.25) is 5.91 Å². The van der Waals surface area contributed by atoms with Crippen LogP contribution >= 0.6 is 0 Å². The Morgan fingerprint density at radius 3 is 2.58 bits per heavy atom. The molecular weight excluding hydrogens is 388 g/mol. The predicted octanol–water partition coefficient (Wildman–Crippen LogP) is 4.67. The molecule has 0 aliphatic heterocycles. The van der Waals surface area contributed by atoms with E-state index in [1.54, 1.807) is 16.9 Å². The van der Waals surface area contributed by atoms with Gasteiger partial charge in [0.1, 0.15) is 0 Å². The average Bonchev–Trinajstić information content (AvgIpc) is 3.39. The van der Waals surface area contributed by atoms with E-state index in [4.69, 9.17) is 0 Å². The third-order valence-electron chi connectivity index (χ3n) is 5.92. The van der Waals surface area contributed by atoms with Crippen molar-refractivity contribution in [3.63, 3.8) is 0 Å². The number of benzene rings is 2. The van der Waals surface area contributed by atoms with Crippen LogP contribution in [0.4, 0.5) is 5.69 Å². The minimum absolute atomic E-state index is 0.0506. The van der Waals surface area contributed by atoms with Gasteiger partial charge in [0.15, 0.2) is 11.4 Å². The molecule has 1 aliphatic rings. The largest absolute Gasteiger partial charge is 0.326 e. The summed E-state index contributed by atoms with van der Waals surface area (Å²) in [4.78, 5) is 29.8. The SMILES string of the molecule is Cc1ccc(C(=O)c2cnn3c(-c4cccc(NC(=O)C5(C)CC5)c4)ccnc23)cc1. The first-order valence-electron chi connectivity index (χ1n) is 10.3. The first-order chi connectivity index (χ1) is 14.9. The Hall–Kier alpha value is -3.80. The summed E-state index contributed by atoms with van der Waals surface area (Å²) < 4.78 is 1.67. The van der Waals surface area contributed by atoms with Crippen molar-refractivity contribution < 1.29 is 9.59 Å². The molecular formula is C25H22N4O2. The number of ketones is 1. The molecule has 0 unspecified atom stereocenters. The summed E-state index contributed by atoms with van der Waals surface area (Å²) >= 11 is 0. The number of hydrogen-bond acceptors (Lipinski definition) is 4. The summed E-state index contributed by atoms with van der Waals surface area (Å²) in [6, 6.07) is 17.0. The first kappa shape index (κ1) is 19.2. The Kier molecular flexibility index (Phi) is 4.43. The number of carbonyl (C=O) groups excluding carboxylic acids is 2. The highest BCUT2D eigenvalue weighted by Crippen LogP contribution is 2.45. The summed E-state index contributed by atoms with van der Waals surface area (Å²) in [5.41, 5.74) is 4.83. The highest BCUT2D eigenvalue weighted by Gasteiger charge is 2.44. The van der Waals surface area contributed by atoms with Gasteiger partial charge in [-0.3, -0.25) is 9.59 Å². The van der Waals surface area contributed by atoms with Gasteiger partial charge in [-0.25, -0.2) is 9.50 Å². The minimum atomic E-state index is -0.243. The molecule has 5 rings (SSSR count). The van der Waals surface area contributed by atoms with E-state index in [1.807, 2.05) is 68.4 Å². The van der Waals surface area contributed by atoms with Gasteiger partial charge in [-0.15, -0.1) is 0 Å². The number of rotatable bonds is 5. The van der Waals surface area contributed by atoms with Crippen LogP contribution in [0.25, 0.3) is 16.9 Å². The molecule has 0 saturated heterocycles. The van der Waals surface area contributed by atoms with Gasteiger partial charge in [0, 0.05) is 28.4 Å². The summed E-state index contributed by atoms with van der Waals surface area (Å²) in [6.45, 7) is 3.97. The van der Waals surface area contributed by atoms with Crippen molar-refractivity contribution in [2.75, 3.05) is 5.32 Å². The second kappa shape index (κ2) is 7.16. The number of anilines is 1. The first-order valence-corrected chi connectivity index (χ1v) is 10.3. The zero-order valence-electron chi connectivity index (χ0n) is 17.4. The number of amides is 1. The van der Waals surface area contributed by atoms with E-state index in [0.29, 0.717) is 16.8 Å². The van der Waals surface area contributed by atoms with E-state index in [-0.39, 0.29) is 17.1 Å². The Morgan fingerprint density at radius 2 is 1.84 bits per heavy atom. The summed E-state index contributed by atoms with van der Waals surface area (Å²) in [5, 5.41) is 7.46. The molecule has 0 atom stereocenters. The van der Waals surface area contributed by atoms with Gasteiger partial charge in [0.25, 0.3) is 0 Å². The van der Waals surface area contributed by atoms with Crippen LogP contribution < -0.4 is 5.32 Å². The van der Waals surface area contributed by atoms with Crippen LogP contribution in [0.1, 0.15) is 41.3 Å². The summed E-state index contributed by atoms with van der Waals surface area (Å²) in [7, 11) is 0. The number of hydrogen-bond donors (Lipinski definition) is 1. The van der Waals surface area contributed by atoms with Crippen LogP contribution in [0.5, 0.6) is 0 Å². The standard InChI is InChI=1S/C25H22N4O2/c1-16-6-8-17(9-7-16)22(30)20-15-27-29-21(10-13-26-23(20)29)18-4-3-5-19(14-18)28-24(31)25(2)11-12-25/h3-10,13-15H,11-12H2,1-2H3,(H,28,31). The van der Waals surface area contributed by atoms with E-state index >= 15 is 0 Å². The molecule has 6 heteroatoms. The Labute approximate surface area is 179 Å².